The molecule has 0 spiro atoms. The first-order valence-electron chi connectivity index (χ1n) is 8.02. The van der Waals surface area contributed by atoms with E-state index in [0.29, 0.717) is 23.3 Å². The van der Waals surface area contributed by atoms with Crippen molar-refractivity contribution in [1.29, 1.82) is 0 Å². The van der Waals surface area contributed by atoms with Crippen LogP contribution >= 0.6 is 0 Å². The molecule has 0 bridgehead atoms. The van der Waals surface area contributed by atoms with Gasteiger partial charge in [-0.3, -0.25) is 4.68 Å². The molecule has 0 radical (unpaired) electrons. The summed E-state index contributed by atoms with van der Waals surface area (Å²) in [5.41, 5.74) is 1.29. The molecule has 130 valence electrons. The van der Waals surface area contributed by atoms with Crippen molar-refractivity contribution in [1.82, 2.24) is 19.7 Å². The van der Waals surface area contributed by atoms with Crippen LogP contribution in [0.15, 0.2) is 36.7 Å². The van der Waals surface area contributed by atoms with Crippen LogP contribution in [0, 0.1) is 0 Å². The summed E-state index contributed by atoms with van der Waals surface area (Å²) < 4.78 is 41.4. The number of para-hydroxylation sites is 1. The van der Waals surface area contributed by atoms with E-state index in [1.807, 2.05) is 18.1 Å². The van der Waals surface area contributed by atoms with Crippen LogP contribution < -0.4 is 4.90 Å². The Morgan fingerprint density at radius 3 is 2.68 bits per heavy atom. The minimum absolute atomic E-state index is 0.0342. The first-order valence-corrected chi connectivity index (χ1v) is 8.02. The molecular formula is C17H16F3N5. The van der Waals surface area contributed by atoms with Crippen molar-refractivity contribution in [2.45, 2.75) is 25.1 Å². The molecule has 0 N–H and O–H groups in total. The number of nitrogens with zero attached hydrogens (tertiary/aromatic N) is 5. The predicted molar refractivity (Wildman–Crippen MR) is 87.1 cm³/mol. The molecule has 1 saturated heterocycles. The van der Waals surface area contributed by atoms with Crippen molar-refractivity contribution >= 4 is 16.7 Å². The number of hydrogen-bond acceptors (Lipinski definition) is 4. The summed E-state index contributed by atoms with van der Waals surface area (Å²) in [6, 6.07) is 6.79. The van der Waals surface area contributed by atoms with Gasteiger partial charge >= 0.3 is 6.18 Å². The molecule has 3 aromatic rings. The van der Waals surface area contributed by atoms with Crippen LogP contribution in [-0.2, 0) is 13.2 Å². The van der Waals surface area contributed by atoms with Crippen LogP contribution in [0.25, 0.3) is 10.9 Å². The first kappa shape index (κ1) is 15.9. The van der Waals surface area contributed by atoms with Gasteiger partial charge in [0.05, 0.1) is 17.8 Å². The topological polar surface area (TPSA) is 46.8 Å². The molecule has 1 aromatic carbocycles. The number of anilines is 1. The van der Waals surface area contributed by atoms with E-state index in [2.05, 4.69) is 15.1 Å². The van der Waals surface area contributed by atoms with Crippen LogP contribution in [0.3, 0.4) is 0 Å². The van der Waals surface area contributed by atoms with E-state index in [0.717, 1.165) is 18.4 Å². The molecule has 5 nitrogen and oxygen atoms in total. The molecule has 4 rings (SSSR count). The fraction of sp³-hybridized carbons (Fsp3) is 0.353. The fourth-order valence-electron chi connectivity index (χ4n) is 3.38. The predicted octanol–water partition coefficient (Wildman–Crippen LogP) is 3.72. The van der Waals surface area contributed by atoms with Gasteiger partial charge in [-0.2, -0.15) is 18.3 Å². The molecule has 1 atom stereocenters. The van der Waals surface area contributed by atoms with Crippen molar-refractivity contribution < 1.29 is 13.2 Å². The van der Waals surface area contributed by atoms with E-state index >= 15 is 0 Å². The summed E-state index contributed by atoms with van der Waals surface area (Å²) in [6.45, 7) is 0.651. The molecule has 0 saturated carbocycles. The third-order valence-corrected chi connectivity index (χ3v) is 4.47. The van der Waals surface area contributed by atoms with Crippen molar-refractivity contribution in [2.24, 2.45) is 7.05 Å². The van der Waals surface area contributed by atoms with Crippen molar-refractivity contribution in [3.63, 3.8) is 0 Å². The van der Waals surface area contributed by atoms with Gasteiger partial charge in [0, 0.05) is 30.7 Å². The smallest absolute Gasteiger partial charge is 0.349 e. The van der Waals surface area contributed by atoms with Gasteiger partial charge in [-0.05, 0) is 25.0 Å². The highest BCUT2D eigenvalue weighted by Gasteiger charge is 2.37. The summed E-state index contributed by atoms with van der Waals surface area (Å²) in [6.07, 6.45) is 0.820. The second kappa shape index (κ2) is 5.72. The first-order chi connectivity index (χ1) is 11.9. The highest BCUT2D eigenvalue weighted by Crippen LogP contribution is 2.39. The van der Waals surface area contributed by atoms with Crippen molar-refractivity contribution in [3.8, 4) is 0 Å². The highest BCUT2D eigenvalue weighted by molar-refractivity contribution is 5.89. The number of halogens is 3. The fourth-order valence-corrected chi connectivity index (χ4v) is 3.38. The molecule has 0 aliphatic carbocycles. The number of rotatable bonds is 2. The van der Waals surface area contributed by atoms with Crippen LogP contribution in [-0.4, -0.2) is 26.3 Å². The molecule has 1 aliphatic heterocycles. The molecule has 1 aliphatic rings. The Labute approximate surface area is 142 Å². The lowest BCUT2D eigenvalue weighted by molar-refractivity contribution is -0.144. The largest absolute Gasteiger partial charge is 0.451 e. The third-order valence-electron chi connectivity index (χ3n) is 4.47. The Morgan fingerprint density at radius 1 is 1.16 bits per heavy atom. The van der Waals surface area contributed by atoms with Crippen LogP contribution in [0.5, 0.6) is 0 Å². The number of aryl methyl sites for hydroxylation is 1. The van der Waals surface area contributed by atoms with E-state index in [1.54, 1.807) is 35.1 Å². The lowest BCUT2D eigenvalue weighted by Gasteiger charge is -2.26. The van der Waals surface area contributed by atoms with E-state index in [1.165, 1.54) is 0 Å². The second-order valence-corrected chi connectivity index (χ2v) is 6.18. The van der Waals surface area contributed by atoms with Gasteiger partial charge in [-0.15, -0.1) is 0 Å². The minimum Gasteiger partial charge on any atom is -0.349 e. The highest BCUT2D eigenvalue weighted by atomic mass is 19.4. The normalized spacial score (nSPS) is 18.2. The lowest BCUT2D eigenvalue weighted by Crippen LogP contribution is -2.25. The molecular weight excluding hydrogens is 331 g/mol. The standard InChI is InChI=1S/C17H16F3N5/c1-24-10-11(9-21-24)14-7-4-8-25(14)15-12-5-2-3-6-13(12)22-16(23-15)17(18,19)20/h2-3,5-6,9-10,14H,4,7-8H2,1H3. The number of benzene rings is 1. The van der Waals surface area contributed by atoms with Gasteiger partial charge in [-0.25, -0.2) is 9.97 Å². The zero-order valence-electron chi connectivity index (χ0n) is 13.5. The van der Waals surface area contributed by atoms with Crippen LogP contribution in [0.1, 0.15) is 30.3 Å². The van der Waals surface area contributed by atoms with E-state index in [-0.39, 0.29) is 6.04 Å². The average molecular weight is 347 g/mol. The lowest BCUT2D eigenvalue weighted by atomic mass is 10.1. The van der Waals surface area contributed by atoms with Crippen LogP contribution in [0.4, 0.5) is 19.0 Å². The number of alkyl halides is 3. The number of fused-ring (bicyclic) bond motifs is 1. The second-order valence-electron chi connectivity index (χ2n) is 6.18. The SMILES string of the molecule is Cn1cc(C2CCCN2c2nc(C(F)(F)F)nc3ccccc23)cn1. The number of hydrogen-bond donors (Lipinski definition) is 0. The molecule has 1 fully saturated rings. The van der Waals surface area contributed by atoms with E-state index < -0.39 is 12.0 Å². The molecule has 0 amide bonds. The summed E-state index contributed by atoms with van der Waals surface area (Å²) >= 11 is 0. The summed E-state index contributed by atoms with van der Waals surface area (Å²) in [4.78, 5) is 9.54. The Balaban J connectivity index is 1.87. The Kier molecular flexibility index (Phi) is 3.63. The minimum atomic E-state index is -4.58. The molecule has 3 heterocycles. The van der Waals surface area contributed by atoms with Gasteiger partial charge in [0.1, 0.15) is 5.82 Å². The average Bonchev–Trinajstić information content (AvgIpc) is 3.21. The summed E-state index contributed by atoms with van der Waals surface area (Å²) in [5, 5.41) is 4.82. The Morgan fingerprint density at radius 2 is 1.96 bits per heavy atom. The molecule has 8 heteroatoms. The van der Waals surface area contributed by atoms with Crippen molar-refractivity contribution in [3.05, 3.63) is 48.0 Å². The van der Waals surface area contributed by atoms with Gasteiger partial charge in [0.15, 0.2) is 0 Å². The van der Waals surface area contributed by atoms with Gasteiger partial charge in [-0.1, -0.05) is 12.1 Å². The maximum Gasteiger partial charge on any atom is 0.451 e. The number of aromatic nitrogens is 4. The van der Waals surface area contributed by atoms with Gasteiger partial charge < -0.3 is 4.90 Å². The van der Waals surface area contributed by atoms with Crippen LogP contribution in [0.2, 0.25) is 0 Å². The monoisotopic (exact) mass is 347 g/mol. The zero-order valence-corrected chi connectivity index (χ0v) is 13.5. The van der Waals surface area contributed by atoms with E-state index in [4.69, 9.17) is 0 Å². The Hall–Kier alpha value is -2.64. The summed E-state index contributed by atoms with van der Waals surface area (Å²) in [5.74, 6) is -0.762. The maximum absolute atomic E-state index is 13.2. The van der Waals surface area contributed by atoms with Gasteiger partial charge in [0.25, 0.3) is 0 Å². The quantitative estimate of drug-likeness (QED) is 0.709. The molecule has 1 unspecified atom stereocenters. The zero-order chi connectivity index (χ0) is 17.6. The summed E-state index contributed by atoms with van der Waals surface area (Å²) in [7, 11) is 1.82. The van der Waals surface area contributed by atoms with E-state index in [9.17, 15) is 13.2 Å². The van der Waals surface area contributed by atoms with Gasteiger partial charge in [0.2, 0.25) is 5.82 Å². The Bertz CT molecular complexity index is 918. The molecule has 2 aromatic heterocycles. The van der Waals surface area contributed by atoms with Crippen molar-refractivity contribution in [2.75, 3.05) is 11.4 Å². The third kappa shape index (κ3) is 2.81. The molecule has 25 heavy (non-hydrogen) atoms. The maximum atomic E-state index is 13.2.